The number of hydrogen-bond donors (Lipinski definition) is 1. The normalized spacial score (nSPS) is 10.4. The lowest BCUT2D eigenvalue weighted by Gasteiger charge is -2.06. The molecule has 0 amide bonds. The van der Waals surface area contributed by atoms with Crippen molar-refractivity contribution in [2.24, 2.45) is 5.73 Å². The number of hydrogen-bond acceptors (Lipinski definition) is 3. The van der Waals surface area contributed by atoms with Crippen LogP contribution >= 0.6 is 0 Å². The molecule has 3 heteroatoms. The quantitative estimate of drug-likeness (QED) is 0.832. The van der Waals surface area contributed by atoms with E-state index in [9.17, 15) is 0 Å². The Morgan fingerprint density at radius 3 is 2.75 bits per heavy atom. The number of aryl methyl sites for hydroxylation is 2. The predicted octanol–water partition coefficient (Wildman–Crippen LogP) is 2.22. The highest BCUT2D eigenvalue weighted by Crippen LogP contribution is 2.18. The van der Waals surface area contributed by atoms with E-state index in [1.165, 1.54) is 5.56 Å². The van der Waals surface area contributed by atoms with E-state index in [2.05, 4.69) is 29.0 Å². The lowest BCUT2D eigenvalue weighted by molar-refractivity contribution is 0.933. The minimum Gasteiger partial charge on any atom is -0.325 e. The molecule has 1 heterocycles. The molecule has 0 saturated heterocycles. The fourth-order valence-electron chi connectivity index (χ4n) is 1.62. The van der Waals surface area contributed by atoms with Gasteiger partial charge in [0.25, 0.3) is 0 Å². The highest BCUT2D eigenvalue weighted by molar-refractivity contribution is 5.59. The van der Waals surface area contributed by atoms with Crippen LogP contribution in [-0.4, -0.2) is 9.97 Å². The van der Waals surface area contributed by atoms with Crippen LogP contribution in [0.5, 0.6) is 0 Å². The lowest BCUT2D eigenvalue weighted by atomic mass is 10.1. The zero-order valence-corrected chi connectivity index (χ0v) is 9.57. The van der Waals surface area contributed by atoms with Gasteiger partial charge in [-0.3, -0.25) is 4.98 Å². The monoisotopic (exact) mass is 213 g/mol. The first kappa shape index (κ1) is 10.8. The van der Waals surface area contributed by atoms with Gasteiger partial charge in [0, 0.05) is 12.1 Å². The van der Waals surface area contributed by atoms with Crippen molar-refractivity contribution in [1.82, 2.24) is 9.97 Å². The minimum absolute atomic E-state index is 0.429. The van der Waals surface area contributed by atoms with Gasteiger partial charge >= 0.3 is 0 Å². The largest absolute Gasteiger partial charge is 0.325 e. The van der Waals surface area contributed by atoms with Crippen molar-refractivity contribution in [1.29, 1.82) is 0 Å². The molecule has 0 aliphatic rings. The molecular formula is C13H15N3. The first-order chi connectivity index (χ1) is 7.70. The first-order valence-electron chi connectivity index (χ1n) is 5.30. The highest BCUT2D eigenvalue weighted by Gasteiger charge is 2.04. The number of nitrogens with zero attached hydrogens (tertiary/aromatic N) is 2. The summed E-state index contributed by atoms with van der Waals surface area (Å²) in [6.45, 7) is 4.42. The molecular weight excluding hydrogens is 198 g/mol. The van der Waals surface area contributed by atoms with E-state index < -0.39 is 0 Å². The average Bonchev–Trinajstić information content (AvgIpc) is 2.29. The van der Waals surface area contributed by atoms with Gasteiger partial charge in [-0.2, -0.15) is 0 Å². The standard InChI is InChI=1S/C13H15N3/c1-9-4-3-5-11(6-9)13-8-15-10(2)12(7-14)16-13/h3-6,8H,7,14H2,1-2H3. The third-order valence-electron chi connectivity index (χ3n) is 2.56. The summed E-state index contributed by atoms with van der Waals surface area (Å²) in [6.07, 6.45) is 1.79. The second-order valence-electron chi connectivity index (χ2n) is 3.86. The van der Waals surface area contributed by atoms with Crippen molar-refractivity contribution in [3.8, 4) is 11.3 Å². The van der Waals surface area contributed by atoms with Gasteiger partial charge in [-0.25, -0.2) is 4.98 Å². The van der Waals surface area contributed by atoms with Gasteiger partial charge in [-0.1, -0.05) is 23.8 Å². The van der Waals surface area contributed by atoms with E-state index in [4.69, 9.17) is 5.73 Å². The molecule has 0 bridgehead atoms. The summed E-state index contributed by atoms with van der Waals surface area (Å²) in [4.78, 5) is 8.83. The molecule has 2 N–H and O–H groups in total. The third kappa shape index (κ3) is 2.09. The lowest BCUT2D eigenvalue weighted by Crippen LogP contribution is -2.05. The Morgan fingerprint density at radius 2 is 2.06 bits per heavy atom. The van der Waals surface area contributed by atoms with E-state index in [0.717, 1.165) is 22.6 Å². The summed E-state index contributed by atoms with van der Waals surface area (Å²) in [7, 11) is 0. The molecule has 1 aromatic heterocycles. The summed E-state index contributed by atoms with van der Waals surface area (Å²) in [6, 6.07) is 8.22. The van der Waals surface area contributed by atoms with Crippen LogP contribution in [0.25, 0.3) is 11.3 Å². The van der Waals surface area contributed by atoms with Gasteiger partial charge in [0.2, 0.25) is 0 Å². The third-order valence-corrected chi connectivity index (χ3v) is 2.56. The van der Waals surface area contributed by atoms with Gasteiger partial charge in [0.05, 0.1) is 23.3 Å². The summed E-state index contributed by atoms with van der Waals surface area (Å²) >= 11 is 0. The second-order valence-corrected chi connectivity index (χ2v) is 3.86. The van der Waals surface area contributed by atoms with Gasteiger partial charge in [-0.15, -0.1) is 0 Å². The van der Waals surface area contributed by atoms with E-state index >= 15 is 0 Å². The highest BCUT2D eigenvalue weighted by atomic mass is 14.8. The molecule has 0 unspecified atom stereocenters. The maximum atomic E-state index is 5.63. The van der Waals surface area contributed by atoms with Gasteiger partial charge in [-0.05, 0) is 19.9 Å². The van der Waals surface area contributed by atoms with Crippen LogP contribution in [-0.2, 0) is 6.54 Å². The van der Waals surface area contributed by atoms with Crippen LogP contribution in [0.3, 0.4) is 0 Å². The average molecular weight is 213 g/mol. The minimum atomic E-state index is 0.429. The van der Waals surface area contributed by atoms with E-state index in [1.807, 2.05) is 19.1 Å². The maximum absolute atomic E-state index is 5.63. The molecule has 0 spiro atoms. The van der Waals surface area contributed by atoms with Crippen LogP contribution in [0.15, 0.2) is 30.5 Å². The molecule has 1 aromatic carbocycles. The number of benzene rings is 1. The van der Waals surface area contributed by atoms with Crippen molar-refractivity contribution in [3.63, 3.8) is 0 Å². The Kier molecular flexibility index (Phi) is 2.97. The van der Waals surface area contributed by atoms with Crippen LogP contribution < -0.4 is 5.73 Å². The van der Waals surface area contributed by atoms with Crippen molar-refractivity contribution in [3.05, 3.63) is 47.4 Å². The fraction of sp³-hybridized carbons (Fsp3) is 0.231. The molecule has 2 aromatic rings. The van der Waals surface area contributed by atoms with E-state index in [-0.39, 0.29) is 0 Å². The van der Waals surface area contributed by atoms with Crippen LogP contribution in [0.4, 0.5) is 0 Å². The molecule has 3 nitrogen and oxygen atoms in total. The molecule has 0 radical (unpaired) electrons. The molecule has 0 aliphatic carbocycles. The van der Waals surface area contributed by atoms with Crippen molar-refractivity contribution < 1.29 is 0 Å². The molecule has 2 rings (SSSR count). The fourth-order valence-corrected chi connectivity index (χ4v) is 1.62. The molecule has 0 atom stereocenters. The second kappa shape index (κ2) is 4.41. The Hall–Kier alpha value is -1.74. The number of nitrogens with two attached hydrogens (primary N) is 1. The zero-order valence-electron chi connectivity index (χ0n) is 9.57. The summed E-state index contributed by atoms with van der Waals surface area (Å²) in [5.41, 5.74) is 10.6. The van der Waals surface area contributed by atoms with E-state index in [0.29, 0.717) is 6.54 Å². The van der Waals surface area contributed by atoms with Gasteiger partial charge in [0.15, 0.2) is 0 Å². The Morgan fingerprint density at radius 1 is 1.25 bits per heavy atom. The maximum Gasteiger partial charge on any atom is 0.0889 e. The SMILES string of the molecule is Cc1cccc(-c2cnc(C)c(CN)n2)c1. The zero-order chi connectivity index (χ0) is 11.5. The first-order valence-corrected chi connectivity index (χ1v) is 5.30. The predicted molar refractivity (Wildman–Crippen MR) is 64.8 cm³/mol. The summed E-state index contributed by atoms with van der Waals surface area (Å²) in [5.74, 6) is 0. The summed E-state index contributed by atoms with van der Waals surface area (Å²) in [5, 5.41) is 0. The number of rotatable bonds is 2. The molecule has 0 fully saturated rings. The topological polar surface area (TPSA) is 51.8 Å². The van der Waals surface area contributed by atoms with Crippen molar-refractivity contribution in [2.45, 2.75) is 20.4 Å². The van der Waals surface area contributed by atoms with Crippen LogP contribution in [0.2, 0.25) is 0 Å². The Bertz CT molecular complexity index is 506. The van der Waals surface area contributed by atoms with Crippen molar-refractivity contribution in [2.75, 3.05) is 0 Å². The van der Waals surface area contributed by atoms with Crippen molar-refractivity contribution >= 4 is 0 Å². The Labute approximate surface area is 95.4 Å². The van der Waals surface area contributed by atoms with Gasteiger partial charge < -0.3 is 5.73 Å². The number of aromatic nitrogens is 2. The Balaban J connectivity index is 2.48. The van der Waals surface area contributed by atoms with Crippen LogP contribution in [0, 0.1) is 13.8 Å². The van der Waals surface area contributed by atoms with E-state index in [1.54, 1.807) is 6.20 Å². The molecule has 0 aliphatic heterocycles. The molecule has 16 heavy (non-hydrogen) atoms. The molecule has 82 valence electrons. The summed E-state index contributed by atoms with van der Waals surface area (Å²) < 4.78 is 0. The van der Waals surface area contributed by atoms with Gasteiger partial charge in [0.1, 0.15) is 0 Å². The van der Waals surface area contributed by atoms with Crippen LogP contribution in [0.1, 0.15) is 17.0 Å². The smallest absolute Gasteiger partial charge is 0.0889 e. The molecule has 0 saturated carbocycles.